The zero-order chi connectivity index (χ0) is 20.3. The largest absolute Gasteiger partial charge is 0.355 e. The minimum atomic E-state index is -0.579. The van der Waals surface area contributed by atoms with E-state index in [9.17, 15) is 14.0 Å². The summed E-state index contributed by atoms with van der Waals surface area (Å²) in [5.74, 6) is -1.09. The molecule has 1 saturated carbocycles. The van der Waals surface area contributed by atoms with Crippen molar-refractivity contribution in [2.75, 3.05) is 13.6 Å². The lowest BCUT2D eigenvalue weighted by molar-refractivity contribution is -0.122. The number of nitrogens with one attached hydrogen (secondary N) is 2. The molecule has 148 valence electrons. The SMILES string of the molecule is CNC(=O)c1ccc(C[C@H](N)CNC(=O)C2CC2(C)c2ccccc2)cc1F. The standard InChI is InChI=1S/C22H26FN3O2/c1-22(15-6-4-3-5-7-15)12-18(22)21(28)26-13-16(24)10-14-8-9-17(19(23)11-14)20(27)25-2/h3-9,11,16,18H,10,12-13,24H2,1-2H3,(H,25,27)(H,26,28)/t16-,18?,22?/m0/s1. The molecule has 0 saturated heterocycles. The Bertz CT molecular complexity index is 871. The maximum Gasteiger partial charge on any atom is 0.253 e. The molecule has 2 unspecified atom stereocenters. The van der Waals surface area contributed by atoms with Gasteiger partial charge in [0.05, 0.1) is 5.56 Å². The molecule has 4 N–H and O–H groups in total. The maximum absolute atomic E-state index is 14.0. The highest BCUT2D eigenvalue weighted by Gasteiger charge is 2.55. The molecule has 2 amide bonds. The molecule has 3 rings (SSSR count). The van der Waals surface area contributed by atoms with E-state index in [1.807, 2.05) is 18.2 Å². The van der Waals surface area contributed by atoms with Gasteiger partial charge in [0, 0.05) is 31.0 Å². The zero-order valence-corrected chi connectivity index (χ0v) is 16.2. The smallest absolute Gasteiger partial charge is 0.253 e. The van der Waals surface area contributed by atoms with E-state index in [1.165, 1.54) is 24.7 Å². The Morgan fingerprint density at radius 2 is 1.96 bits per heavy atom. The van der Waals surface area contributed by atoms with E-state index in [2.05, 4.69) is 29.7 Å². The van der Waals surface area contributed by atoms with Crippen LogP contribution in [0.3, 0.4) is 0 Å². The summed E-state index contributed by atoms with van der Waals surface area (Å²) in [6.45, 7) is 2.42. The van der Waals surface area contributed by atoms with Crippen molar-refractivity contribution >= 4 is 11.8 Å². The first-order chi connectivity index (χ1) is 13.3. The van der Waals surface area contributed by atoms with Gasteiger partial charge in [-0.15, -0.1) is 0 Å². The van der Waals surface area contributed by atoms with E-state index in [4.69, 9.17) is 5.73 Å². The van der Waals surface area contributed by atoms with Gasteiger partial charge in [-0.3, -0.25) is 9.59 Å². The average Bonchev–Trinajstić information content (AvgIpc) is 3.39. The molecular formula is C22H26FN3O2. The number of nitrogens with two attached hydrogens (primary N) is 1. The predicted octanol–water partition coefficient (Wildman–Crippen LogP) is 2.15. The molecule has 0 aromatic heterocycles. The van der Waals surface area contributed by atoms with Crippen molar-refractivity contribution in [3.63, 3.8) is 0 Å². The molecule has 6 heteroatoms. The number of hydrogen-bond donors (Lipinski definition) is 3. The van der Waals surface area contributed by atoms with E-state index < -0.39 is 11.7 Å². The number of halogens is 1. The minimum Gasteiger partial charge on any atom is -0.355 e. The Labute approximate surface area is 164 Å². The summed E-state index contributed by atoms with van der Waals surface area (Å²) < 4.78 is 14.0. The Morgan fingerprint density at radius 3 is 2.61 bits per heavy atom. The Hall–Kier alpha value is -2.73. The van der Waals surface area contributed by atoms with Crippen molar-refractivity contribution in [1.82, 2.24) is 10.6 Å². The summed E-state index contributed by atoms with van der Waals surface area (Å²) in [6, 6.07) is 14.2. The lowest BCUT2D eigenvalue weighted by Gasteiger charge is -2.15. The highest BCUT2D eigenvalue weighted by molar-refractivity contribution is 5.94. The fraction of sp³-hybridized carbons (Fsp3) is 0.364. The van der Waals surface area contributed by atoms with E-state index >= 15 is 0 Å². The summed E-state index contributed by atoms with van der Waals surface area (Å²) in [5, 5.41) is 5.32. The number of amides is 2. The minimum absolute atomic E-state index is 0.00190. The monoisotopic (exact) mass is 383 g/mol. The molecule has 0 bridgehead atoms. The molecule has 2 aromatic carbocycles. The quantitative estimate of drug-likeness (QED) is 0.685. The number of carbonyl (C=O) groups is 2. The lowest BCUT2D eigenvalue weighted by atomic mass is 9.95. The van der Waals surface area contributed by atoms with Gasteiger partial charge in [-0.1, -0.05) is 43.3 Å². The van der Waals surface area contributed by atoms with Crippen LogP contribution in [0, 0.1) is 11.7 Å². The van der Waals surface area contributed by atoms with Gasteiger partial charge in [-0.05, 0) is 36.1 Å². The van der Waals surface area contributed by atoms with Crippen LogP contribution < -0.4 is 16.4 Å². The molecule has 1 fully saturated rings. The van der Waals surface area contributed by atoms with E-state index in [-0.39, 0.29) is 28.8 Å². The third-order valence-electron chi connectivity index (χ3n) is 5.53. The third-order valence-corrected chi connectivity index (χ3v) is 5.53. The van der Waals surface area contributed by atoms with Crippen LogP contribution in [0.25, 0.3) is 0 Å². The van der Waals surface area contributed by atoms with Crippen LogP contribution in [-0.2, 0) is 16.6 Å². The first-order valence-corrected chi connectivity index (χ1v) is 9.44. The van der Waals surface area contributed by atoms with Gasteiger partial charge in [0.15, 0.2) is 0 Å². The molecule has 0 aliphatic heterocycles. The number of benzene rings is 2. The average molecular weight is 383 g/mol. The first-order valence-electron chi connectivity index (χ1n) is 9.44. The van der Waals surface area contributed by atoms with Crippen LogP contribution in [0.1, 0.15) is 34.8 Å². The summed E-state index contributed by atoms with van der Waals surface area (Å²) in [7, 11) is 1.46. The first kappa shape index (κ1) is 20.0. The molecule has 2 aromatic rings. The Kier molecular flexibility index (Phi) is 5.79. The van der Waals surface area contributed by atoms with E-state index in [1.54, 1.807) is 6.07 Å². The fourth-order valence-corrected chi connectivity index (χ4v) is 3.62. The van der Waals surface area contributed by atoms with Crippen LogP contribution in [0.5, 0.6) is 0 Å². The Morgan fingerprint density at radius 1 is 1.25 bits per heavy atom. The molecular weight excluding hydrogens is 357 g/mol. The van der Waals surface area contributed by atoms with Crippen LogP contribution in [0.4, 0.5) is 4.39 Å². The summed E-state index contributed by atoms with van der Waals surface area (Å²) in [4.78, 5) is 24.0. The van der Waals surface area contributed by atoms with Crippen molar-refractivity contribution in [2.45, 2.75) is 31.2 Å². The maximum atomic E-state index is 14.0. The van der Waals surface area contributed by atoms with E-state index in [0.717, 1.165) is 6.42 Å². The van der Waals surface area contributed by atoms with Crippen molar-refractivity contribution in [3.05, 3.63) is 71.0 Å². The normalized spacial score (nSPS) is 21.6. The fourth-order valence-electron chi connectivity index (χ4n) is 3.62. The summed E-state index contributed by atoms with van der Waals surface area (Å²) >= 11 is 0. The van der Waals surface area contributed by atoms with Gasteiger partial charge in [0.1, 0.15) is 5.82 Å². The topological polar surface area (TPSA) is 84.2 Å². The van der Waals surface area contributed by atoms with Crippen molar-refractivity contribution in [3.8, 4) is 0 Å². The summed E-state index contributed by atoms with van der Waals surface area (Å²) in [6.07, 6.45) is 1.23. The zero-order valence-electron chi connectivity index (χ0n) is 16.2. The summed E-state index contributed by atoms with van der Waals surface area (Å²) in [5.41, 5.74) is 7.86. The third kappa shape index (κ3) is 4.22. The van der Waals surface area contributed by atoms with Gasteiger partial charge >= 0.3 is 0 Å². The van der Waals surface area contributed by atoms with Crippen molar-refractivity contribution in [1.29, 1.82) is 0 Å². The van der Waals surface area contributed by atoms with Gasteiger partial charge in [-0.25, -0.2) is 4.39 Å². The Balaban J connectivity index is 1.51. The number of rotatable bonds is 7. The van der Waals surface area contributed by atoms with Crippen LogP contribution in [-0.4, -0.2) is 31.4 Å². The highest BCUT2D eigenvalue weighted by atomic mass is 19.1. The van der Waals surface area contributed by atoms with Gasteiger partial charge in [0.25, 0.3) is 5.91 Å². The number of carbonyl (C=O) groups excluding carboxylic acids is 2. The second-order valence-corrected chi connectivity index (χ2v) is 7.64. The van der Waals surface area contributed by atoms with Gasteiger partial charge in [-0.2, -0.15) is 0 Å². The second-order valence-electron chi connectivity index (χ2n) is 7.64. The molecule has 5 nitrogen and oxygen atoms in total. The lowest BCUT2D eigenvalue weighted by Crippen LogP contribution is -2.40. The molecule has 1 aliphatic carbocycles. The molecule has 3 atom stereocenters. The van der Waals surface area contributed by atoms with Gasteiger partial charge < -0.3 is 16.4 Å². The number of hydrogen-bond acceptors (Lipinski definition) is 3. The molecule has 0 spiro atoms. The molecule has 0 heterocycles. The van der Waals surface area contributed by atoms with Crippen LogP contribution in [0.15, 0.2) is 48.5 Å². The second kappa shape index (κ2) is 8.10. The molecule has 28 heavy (non-hydrogen) atoms. The van der Waals surface area contributed by atoms with E-state index in [0.29, 0.717) is 18.5 Å². The van der Waals surface area contributed by atoms with Crippen LogP contribution >= 0.6 is 0 Å². The van der Waals surface area contributed by atoms with Crippen LogP contribution in [0.2, 0.25) is 0 Å². The predicted molar refractivity (Wildman–Crippen MR) is 106 cm³/mol. The molecule has 1 aliphatic rings. The molecule has 0 radical (unpaired) electrons. The van der Waals surface area contributed by atoms with Crippen molar-refractivity contribution < 1.29 is 14.0 Å². The highest BCUT2D eigenvalue weighted by Crippen LogP contribution is 2.53. The van der Waals surface area contributed by atoms with Crippen molar-refractivity contribution in [2.24, 2.45) is 11.7 Å². The van der Waals surface area contributed by atoms with Gasteiger partial charge in [0.2, 0.25) is 5.91 Å².